The normalized spacial score (nSPS) is 12.1. The van der Waals surface area contributed by atoms with Crippen molar-refractivity contribution in [3.63, 3.8) is 0 Å². The van der Waals surface area contributed by atoms with Crippen molar-refractivity contribution in [3.05, 3.63) is 34.9 Å². The Bertz CT molecular complexity index is 405. The zero-order valence-corrected chi connectivity index (χ0v) is 12.2. The number of carbonyl (C=O) groups is 1. The number of halogens is 1. The minimum atomic E-state index is 0.0109. The zero-order chi connectivity index (χ0) is 13.7. The lowest BCUT2D eigenvalue weighted by molar-refractivity contribution is 0.154. The van der Waals surface area contributed by atoms with Gasteiger partial charge in [-0.2, -0.15) is 0 Å². The van der Waals surface area contributed by atoms with Crippen LogP contribution in [0.15, 0.2) is 24.3 Å². The van der Waals surface area contributed by atoms with Crippen molar-refractivity contribution in [1.29, 1.82) is 0 Å². The summed E-state index contributed by atoms with van der Waals surface area (Å²) in [4.78, 5) is 15.8. The summed E-state index contributed by atoms with van der Waals surface area (Å²) in [6.45, 7) is 7.43. The Morgan fingerprint density at radius 1 is 1.33 bits per heavy atom. The molecule has 1 atom stereocenters. The molecule has 0 aliphatic heterocycles. The van der Waals surface area contributed by atoms with Crippen LogP contribution in [0.4, 0.5) is 4.79 Å². The second kappa shape index (κ2) is 6.64. The van der Waals surface area contributed by atoms with Crippen LogP contribution in [0.2, 0.25) is 5.02 Å². The predicted molar refractivity (Wildman–Crippen MR) is 75.9 cm³/mol. The Labute approximate surface area is 114 Å². The molecule has 0 radical (unpaired) electrons. The smallest absolute Gasteiger partial charge is 0.320 e. The number of benzene rings is 1. The van der Waals surface area contributed by atoms with Gasteiger partial charge in [0, 0.05) is 25.2 Å². The maximum Gasteiger partial charge on any atom is 0.320 e. The number of rotatable bonds is 4. The van der Waals surface area contributed by atoms with Crippen molar-refractivity contribution in [3.8, 4) is 0 Å². The molecule has 0 saturated carbocycles. The van der Waals surface area contributed by atoms with Gasteiger partial charge in [-0.15, -0.1) is 0 Å². The Kier molecular flexibility index (Phi) is 5.48. The van der Waals surface area contributed by atoms with Gasteiger partial charge in [0.15, 0.2) is 0 Å². The maximum absolute atomic E-state index is 12.2. The zero-order valence-electron chi connectivity index (χ0n) is 11.5. The average Bonchev–Trinajstić information content (AvgIpc) is 2.38. The lowest BCUT2D eigenvalue weighted by Crippen LogP contribution is -2.42. The fourth-order valence-electron chi connectivity index (χ4n) is 1.87. The Hall–Kier alpha value is -1.22. The predicted octanol–water partition coefficient (Wildman–Crippen LogP) is 3.79. The van der Waals surface area contributed by atoms with E-state index in [1.807, 2.05) is 52.1 Å². The van der Waals surface area contributed by atoms with Crippen LogP contribution < -0.4 is 0 Å². The van der Waals surface area contributed by atoms with Crippen LogP contribution >= 0.6 is 11.6 Å². The van der Waals surface area contributed by atoms with E-state index >= 15 is 0 Å². The summed E-state index contributed by atoms with van der Waals surface area (Å²) in [7, 11) is 1.83. The molecule has 2 amide bonds. The molecule has 1 aromatic rings. The van der Waals surface area contributed by atoms with Crippen molar-refractivity contribution >= 4 is 17.6 Å². The third kappa shape index (κ3) is 3.39. The Balaban J connectivity index is 2.83. The summed E-state index contributed by atoms with van der Waals surface area (Å²) in [5.41, 5.74) is 1.05. The van der Waals surface area contributed by atoms with E-state index in [1.165, 1.54) is 0 Å². The third-order valence-electron chi connectivity index (χ3n) is 3.25. The molecule has 0 heterocycles. The quantitative estimate of drug-likeness (QED) is 0.815. The van der Waals surface area contributed by atoms with Crippen LogP contribution in [-0.2, 0) is 0 Å². The number of hydrogen-bond acceptors (Lipinski definition) is 1. The second-order valence-electron chi connectivity index (χ2n) is 4.30. The molecule has 0 aromatic heterocycles. The monoisotopic (exact) mass is 268 g/mol. The number of carbonyl (C=O) groups excluding carboxylic acids is 1. The van der Waals surface area contributed by atoms with Crippen LogP contribution in [0.25, 0.3) is 0 Å². The van der Waals surface area contributed by atoms with E-state index in [0.29, 0.717) is 5.02 Å². The van der Waals surface area contributed by atoms with Gasteiger partial charge in [0.25, 0.3) is 0 Å². The van der Waals surface area contributed by atoms with E-state index in [0.717, 1.165) is 18.7 Å². The Morgan fingerprint density at radius 2 is 1.94 bits per heavy atom. The van der Waals surface area contributed by atoms with Crippen LogP contribution in [0.5, 0.6) is 0 Å². The van der Waals surface area contributed by atoms with Gasteiger partial charge in [0.1, 0.15) is 0 Å². The topological polar surface area (TPSA) is 23.6 Å². The SMILES string of the molecule is CCN(CC)C(=O)N(C)C(C)c1cccc(Cl)c1. The molecule has 4 heteroatoms. The molecule has 0 aliphatic carbocycles. The number of nitrogens with zero attached hydrogens (tertiary/aromatic N) is 2. The number of amides is 2. The van der Waals surface area contributed by atoms with Crippen LogP contribution in [-0.4, -0.2) is 36.0 Å². The molecule has 18 heavy (non-hydrogen) atoms. The molecule has 0 saturated heterocycles. The molecule has 0 aliphatic rings. The van der Waals surface area contributed by atoms with Gasteiger partial charge in [-0.25, -0.2) is 4.79 Å². The summed E-state index contributed by atoms with van der Waals surface area (Å²) in [5.74, 6) is 0. The number of hydrogen-bond donors (Lipinski definition) is 0. The van der Waals surface area contributed by atoms with Crippen LogP contribution in [0.3, 0.4) is 0 Å². The summed E-state index contributed by atoms with van der Waals surface area (Å²) >= 11 is 5.98. The highest BCUT2D eigenvalue weighted by Crippen LogP contribution is 2.22. The van der Waals surface area contributed by atoms with Crippen molar-refractivity contribution in [2.24, 2.45) is 0 Å². The van der Waals surface area contributed by atoms with Crippen molar-refractivity contribution < 1.29 is 4.79 Å². The van der Waals surface area contributed by atoms with Gasteiger partial charge in [0.2, 0.25) is 0 Å². The standard InChI is InChI=1S/C14H21ClN2O/c1-5-17(6-2)14(18)16(4)11(3)12-8-7-9-13(15)10-12/h7-11H,5-6H2,1-4H3. The fraction of sp³-hybridized carbons (Fsp3) is 0.500. The summed E-state index contributed by atoms with van der Waals surface area (Å²) in [5, 5.41) is 0.697. The highest BCUT2D eigenvalue weighted by atomic mass is 35.5. The van der Waals surface area contributed by atoms with Crippen LogP contribution in [0.1, 0.15) is 32.4 Å². The molecule has 0 N–H and O–H groups in total. The van der Waals surface area contributed by atoms with E-state index < -0.39 is 0 Å². The first-order chi connectivity index (χ1) is 8.51. The molecule has 3 nitrogen and oxygen atoms in total. The lowest BCUT2D eigenvalue weighted by atomic mass is 10.1. The average molecular weight is 269 g/mol. The summed E-state index contributed by atoms with van der Waals surface area (Å²) in [6, 6.07) is 7.69. The Morgan fingerprint density at radius 3 is 2.44 bits per heavy atom. The van der Waals surface area contributed by atoms with Crippen molar-refractivity contribution in [1.82, 2.24) is 9.80 Å². The molecule has 0 fully saturated rings. The minimum Gasteiger partial charge on any atom is -0.325 e. The molecular weight excluding hydrogens is 248 g/mol. The van der Waals surface area contributed by atoms with E-state index in [-0.39, 0.29) is 12.1 Å². The molecule has 0 bridgehead atoms. The first-order valence-electron chi connectivity index (χ1n) is 6.28. The highest BCUT2D eigenvalue weighted by molar-refractivity contribution is 6.30. The second-order valence-corrected chi connectivity index (χ2v) is 4.73. The molecular formula is C14H21ClN2O. The minimum absolute atomic E-state index is 0.0109. The summed E-state index contributed by atoms with van der Waals surface area (Å²) < 4.78 is 0. The van der Waals surface area contributed by atoms with Crippen molar-refractivity contribution in [2.75, 3.05) is 20.1 Å². The molecule has 1 rings (SSSR count). The largest absolute Gasteiger partial charge is 0.325 e. The van der Waals surface area contributed by atoms with E-state index in [4.69, 9.17) is 11.6 Å². The van der Waals surface area contributed by atoms with E-state index in [9.17, 15) is 4.79 Å². The first kappa shape index (κ1) is 14.8. The highest BCUT2D eigenvalue weighted by Gasteiger charge is 2.20. The van der Waals surface area contributed by atoms with Gasteiger partial charge >= 0.3 is 6.03 Å². The van der Waals surface area contributed by atoms with E-state index in [2.05, 4.69) is 0 Å². The summed E-state index contributed by atoms with van der Waals surface area (Å²) in [6.07, 6.45) is 0. The molecule has 100 valence electrons. The van der Waals surface area contributed by atoms with Crippen molar-refractivity contribution in [2.45, 2.75) is 26.8 Å². The molecule has 1 aromatic carbocycles. The molecule has 0 spiro atoms. The van der Waals surface area contributed by atoms with Gasteiger partial charge in [-0.05, 0) is 38.5 Å². The lowest BCUT2D eigenvalue weighted by Gasteiger charge is -2.31. The van der Waals surface area contributed by atoms with Gasteiger partial charge in [0.05, 0.1) is 6.04 Å². The van der Waals surface area contributed by atoms with Gasteiger partial charge in [-0.1, -0.05) is 23.7 Å². The van der Waals surface area contributed by atoms with Crippen LogP contribution in [0, 0.1) is 0 Å². The maximum atomic E-state index is 12.2. The van der Waals surface area contributed by atoms with Gasteiger partial charge < -0.3 is 9.80 Å². The fourth-order valence-corrected chi connectivity index (χ4v) is 2.07. The van der Waals surface area contributed by atoms with E-state index in [1.54, 1.807) is 9.80 Å². The first-order valence-corrected chi connectivity index (χ1v) is 6.66. The number of urea groups is 1. The third-order valence-corrected chi connectivity index (χ3v) is 3.48. The molecule has 1 unspecified atom stereocenters. The van der Waals surface area contributed by atoms with Gasteiger partial charge in [-0.3, -0.25) is 0 Å².